The number of nitrogens with zero attached hydrogens (tertiary/aromatic N) is 5. The van der Waals surface area contributed by atoms with Crippen LogP contribution in [0.15, 0.2) is 64.5 Å². The highest BCUT2D eigenvalue weighted by Crippen LogP contribution is 2.25. The first-order chi connectivity index (χ1) is 16.8. The van der Waals surface area contributed by atoms with E-state index in [4.69, 9.17) is 16.3 Å². The summed E-state index contributed by atoms with van der Waals surface area (Å²) in [7, 11) is 3.59. The molecular weight excluding hydrogens is 488 g/mol. The minimum atomic E-state index is -0.377. The molecule has 11 heteroatoms. The fraction of sp³-hybridized carbons (Fsp3) is 0.250. The fourth-order valence-electron chi connectivity index (χ4n) is 3.62. The molecule has 1 unspecified atom stereocenters. The number of carbonyl (C=O) groups is 1. The SMILES string of the molecule is Cc1c(NC(=O)CSc2nnc(C(C)Oc3cccc(Cl)c3)n2C)c(=O)n(-c2ccccc2)n1C. The number of anilines is 1. The van der Waals surface area contributed by atoms with Crippen LogP contribution in [0.4, 0.5) is 5.69 Å². The first kappa shape index (κ1) is 24.6. The van der Waals surface area contributed by atoms with Crippen LogP contribution < -0.4 is 15.6 Å². The highest BCUT2D eigenvalue weighted by atomic mass is 35.5. The molecule has 2 heterocycles. The number of halogens is 1. The van der Waals surface area contributed by atoms with Gasteiger partial charge in [-0.25, -0.2) is 4.68 Å². The maximum Gasteiger partial charge on any atom is 0.295 e. The molecule has 4 rings (SSSR count). The van der Waals surface area contributed by atoms with Crippen LogP contribution in [0.5, 0.6) is 5.75 Å². The van der Waals surface area contributed by atoms with Gasteiger partial charge >= 0.3 is 0 Å². The molecule has 0 saturated carbocycles. The number of ether oxygens (including phenoxy) is 1. The third-order valence-electron chi connectivity index (χ3n) is 5.49. The van der Waals surface area contributed by atoms with Crippen molar-refractivity contribution in [3.63, 3.8) is 0 Å². The summed E-state index contributed by atoms with van der Waals surface area (Å²) in [4.78, 5) is 25.7. The molecule has 0 aliphatic rings. The summed E-state index contributed by atoms with van der Waals surface area (Å²) in [6, 6.07) is 16.4. The standard InChI is InChI=1S/C24H25ClN6O3S/c1-15-21(23(33)31(30(15)4)18-10-6-5-7-11-18)26-20(32)14-35-24-28-27-22(29(24)3)16(2)34-19-12-8-9-17(25)13-19/h5-13,16H,14H2,1-4H3,(H,26,32). The van der Waals surface area contributed by atoms with Crippen molar-refractivity contribution in [2.24, 2.45) is 14.1 Å². The van der Waals surface area contributed by atoms with E-state index in [-0.39, 0.29) is 29.0 Å². The van der Waals surface area contributed by atoms with Gasteiger partial charge in [-0.05, 0) is 44.2 Å². The molecule has 0 aliphatic heterocycles. The van der Waals surface area contributed by atoms with Crippen LogP contribution in [0.3, 0.4) is 0 Å². The van der Waals surface area contributed by atoms with Gasteiger partial charge in [0, 0.05) is 19.1 Å². The summed E-state index contributed by atoms with van der Waals surface area (Å²) in [6.07, 6.45) is -0.377. The molecule has 9 nitrogen and oxygen atoms in total. The predicted octanol–water partition coefficient (Wildman–Crippen LogP) is 4.14. The number of carbonyl (C=O) groups excluding carboxylic acids is 1. The van der Waals surface area contributed by atoms with Gasteiger partial charge in [0.05, 0.1) is 17.1 Å². The van der Waals surface area contributed by atoms with E-state index in [2.05, 4.69) is 15.5 Å². The first-order valence-electron chi connectivity index (χ1n) is 10.8. The number of rotatable bonds is 8. The fourth-order valence-corrected chi connectivity index (χ4v) is 4.52. The van der Waals surface area contributed by atoms with Crippen molar-refractivity contribution in [1.82, 2.24) is 24.1 Å². The smallest absolute Gasteiger partial charge is 0.295 e. The Morgan fingerprint density at radius 2 is 1.89 bits per heavy atom. The van der Waals surface area contributed by atoms with Crippen molar-refractivity contribution in [1.29, 1.82) is 0 Å². The van der Waals surface area contributed by atoms with E-state index >= 15 is 0 Å². The Morgan fingerprint density at radius 3 is 2.60 bits per heavy atom. The minimum absolute atomic E-state index is 0.0641. The van der Waals surface area contributed by atoms with Crippen molar-refractivity contribution in [2.45, 2.75) is 25.1 Å². The van der Waals surface area contributed by atoms with Gasteiger partial charge in [0.2, 0.25) is 5.91 Å². The molecule has 2 aromatic carbocycles. The van der Waals surface area contributed by atoms with Crippen LogP contribution in [-0.2, 0) is 18.9 Å². The Hall–Kier alpha value is -3.50. The molecule has 4 aromatic rings. The van der Waals surface area contributed by atoms with Gasteiger partial charge in [-0.15, -0.1) is 10.2 Å². The van der Waals surface area contributed by atoms with E-state index in [1.54, 1.807) is 35.4 Å². The zero-order valence-electron chi connectivity index (χ0n) is 19.7. The van der Waals surface area contributed by atoms with Crippen LogP contribution in [0.1, 0.15) is 24.5 Å². The largest absolute Gasteiger partial charge is 0.483 e. The topological polar surface area (TPSA) is 96.0 Å². The molecule has 0 saturated heterocycles. The summed E-state index contributed by atoms with van der Waals surface area (Å²) in [5, 5.41) is 12.3. The molecule has 0 bridgehead atoms. The molecule has 182 valence electrons. The average molecular weight is 513 g/mol. The quantitative estimate of drug-likeness (QED) is 0.356. The Balaban J connectivity index is 1.42. The lowest BCUT2D eigenvalue weighted by atomic mass is 10.3. The number of hydrogen-bond acceptors (Lipinski definition) is 6. The van der Waals surface area contributed by atoms with Gasteiger partial charge in [-0.2, -0.15) is 0 Å². The van der Waals surface area contributed by atoms with Crippen LogP contribution >= 0.6 is 23.4 Å². The number of thioether (sulfide) groups is 1. The molecule has 35 heavy (non-hydrogen) atoms. The molecule has 2 aromatic heterocycles. The molecule has 1 N–H and O–H groups in total. The minimum Gasteiger partial charge on any atom is -0.483 e. The third kappa shape index (κ3) is 5.28. The van der Waals surface area contributed by atoms with E-state index in [1.165, 1.54) is 16.4 Å². The summed E-state index contributed by atoms with van der Waals surface area (Å²) < 4.78 is 10.9. The van der Waals surface area contributed by atoms with E-state index in [0.717, 1.165) is 5.69 Å². The zero-order valence-corrected chi connectivity index (χ0v) is 21.3. The monoisotopic (exact) mass is 512 g/mol. The third-order valence-corrected chi connectivity index (χ3v) is 6.75. The summed E-state index contributed by atoms with van der Waals surface area (Å²) in [5.41, 5.74) is 1.34. The maximum absolute atomic E-state index is 13.0. The summed E-state index contributed by atoms with van der Waals surface area (Å²) >= 11 is 7.25. The number of amides is 1. The number of benzene rings is 2. The lowest BCUT2D eigenvalue weighted by Crippen LogP contribution is -2.23. The molecule has 0 fully saturated rings. The lowest BCUT2D eigenvalue weighted by molar-refractivity contribution is -0.113. The van der Waals surface area contributed by atoms with Crippen molar-refractivity contribution >= 4 is 35.0 Å². The Labute approximate surface area is 211 Å². The van der Waals surface area contributed by atoms with E-state index in [0.29, 0.717) is 27.4 Å². The summed E-state index contributed by atoms with van der Waals surface area (Å²) in [5.74, 6) is 0.988. The van der Waals surface area contributed by atoms with Gasteiger partial charge in [-0.3, -0.25) is 14.3 Å². The zero-order chi connectivity index (χ0) is 25.1. The second-order valence-electron chi connectivity index (χ2n) is 7.89. The summed E-state index contributed by atoms with van der Waals surface area (Å²) in [6.45, 7) is 3.65. The van der Waals surface area contributed by atoms with Crippen molar-refractivity contribution in [2.75, 3.05) is 11.1 Å². The van der Waals surface area contributed by atoms with Gasteiger partial charge in [0.15, 0.2) is 17.1 Å². The molecule has 0 radical (unpaired) electrons. The van der Waals surface area contributed by atoms with Crippen molar-refractivity contribution in [3.05, 3.63) is 81.5 Å². The van der Waals surface area contributed by atoms with E-state index in [9.17, 15) is 9.59 Å². The number of aromatic nitrogens is 5. The highest BCUT2D eigenvalue weighted by Gasteiger charge is 2.20. The molecule has 1 atom stereocenters. The number of para-hydroxylation sites is 1. The van der Waals surface area contributed by atoms with Gasteiger partial charge < -0.3 is 14.6 Å². The van der Waals surface area contributed by atoms with Crippen molar-refractivity contribution < 1.29 is 9.53 Å². The Morgan fingerprint density at radius 1 is 1.14 bits per heavy atom. The lowest BCUT2D eigenvalue weighted by Gasteiger charge is -2.14. The maximum atomic E-state index is 13.0. The van der Waals surface area contributed by atoms with Crippen molar-refractivity contribution in [3.8, 4) is 11.4 Å². The Bertz CT molecular complexity index is 1410. The number of nitrogens with one attached hydrogen (secondary N) is 1. The normalized spacial score (nSPS) is 11.9. The second-order valence-corrected chi connectivity index (χ2v) is 9.27. The highest BCUT2D eigenvalue weighted by molar-refractivity contribution is 7.99. The van der Waals surface area contributed by atoms with Crippen LogP contribution in [0.25, 0.3) is 5.69 Å². The second kappa shape index (κ2) is 10.4. The predicted molar refractivity (Wildman–Crippen MR) is 137 cm³/mol. The molecule has 0 aliphatic carbocycles. The van der Waals surface area contributed by atoms with E-state index in [1.807, 2.05) is 56.4 Å². The van der Waals surface area contributed by atoms with Gasteiger partial charge in [0.25, 0.3) is 5.56 Å². The van der Waals surface area contributed by atoms with Crippen LogP contribution in [0.2, 0.25) is 5.02 Å². The molecule has 0 spiro atoms. The molecule has 1 amide bonds. The van der Waals surface area contributed by atoms with Crippen LogP contribution in [-0.4, -0.2) is 35.8 Å². The first-order valence-corrected chi connectivity index (χ1v) is 12.2. The van der Waals surface area contributed by atoms with Crippen LogP contribution in [0, 0.1) is 6.92 Å². The molecular formula is C24H25ClN6O3S. The number of hydrogen-bond donors (Lipinski definition) is 1. The van der Waals surface area contributed by atoms with Gasteiger partial charge in [0.1, 0.15) is 11.4 Å². The van der Waals surface area contributed by atoms with E-state index < -0.39 is 0 Å². The van der Waals surface area contributed by atoms with Gasteiger partial charge in [-0.1, -0.05) is 47.6 Å². The Kier molecular flexibility index (Phi) is 7.32. The average Bonchev–Trinajstić information content (AvgIpc) is 3.30.